The first-order valence-corrected chi connectivity index (χ1v) is 13.1. The van der Waals surface area contributed by atoms with E-state index in [0.29, 0.717) is 16.4 Å². The largest absolute Gasteiger partial charge is 0.502 e. The van der Waals surface area contributed by atoms with E-state index in [0.717, 1.165) is 34.6 Å². The molecule has 0 unspecified atom stereocenters. The fraction of sp³-hybridized carbons (Fsp3) is 0.333. The lowest BCUT2D eigenvalue weighted by atomic mass is 9.93. The third-order valence-corrected chi connectivity index (χ3v) is 7.86. The summed E-state index contributed by atoms with van der Waals surface area (Å²) in [5.74, 6) is -0.816. The van der Waals surface area contributed by atoms with Crippen LogP contribution in [0.5, 0.6) is 11.5 Å². The van der Waals surface area contributed by atoms with Crippen LogP contribution in [0.2, 0.25) is 0 Å². The Morgan fingerprint density at radius 2 is 1.79 bits per heavy atom. The van der Waals surface area contributed by atoms with Crippen LogP contribution in [0, 0.1) is 0 Å². The molecule has 3 heterocycles. The molecule has 0 saturated heterocycles. The number of ether oxygens (including phenoxy) is 1. The summed E-state index contributed by atoms with van der Waals surface area (Å²) >= 11 is 1.59. The maximum Gasteiger partial charge on any atom is 0.408 e. The Morgan fingerprint density at radius 3 is 2.50 bits per heavy atom. The summed E-state index contributed by atoms with van der Waals surface area (Å²) in [7, 11) is 0. The Balaban J connectivity index is 1.81. The van der Waals surface area contributed by atoms with Gasteiger partial charge in [-0.3, -0.25) is 19.3 Å². The Labute approximate surface area is 221 Å². The summed E-state index contributed by atoms with van der Waals surface area (Å²) in [4.78, 5) is 27.2. The van der Waals surface area contributed by atoms with Gasteiger partial charge in [-0.05, 0) is 44.0 Å². The van der Waals surface area contributed by atoms with Gasteiger partial charge in [0.25, 0.3) is 5.91 Å². The summed E-state index contributed by atoms with van der Waals surface area (Å²) in [5.41, 5.74) is 1.10. The lowest BCUT2D eigenvalue weighted by Crippen LogP contribution is -2.60. The van der Waals surface area contributed by atoms with Crippen molar-refractivity contribution >= 4 is 17.7 Å². The van der Waals surface area contributed by atoms with Gasteiger partial charge in [0.2, 0.25) is 5.43 Å². The summed E-state index contributed by atoms with van der Waals surface area (Å²) in [6.45, 7) is 4.21. The molecule has 0 saturated carbocycles. The first kappa shape index (κ1) is 26.0. The van der Waals surface area contributed by atoms with Crippen molar-refractivity contribution in [3.05, 3.63) is 87.3 Å². The SMILES string of the molecule is CC(C)Oc1cccc2c1[C@H](N1CN([C@H](C)C(F)(F)F)C(=O)c3c(O)c(=O)ccn31)c1ccccc1SC2. The van der Waals surface area contributed by atoms with Gasteiger partial charge >= 0.3 is 6.18 Å². The second-order valence-corrected chi connectivity index (χ2v) is 10.5. The van der Waals surface area contributed by atoms with E-state index < -0.39 is 47.7 Å². The molecule has 5 rings (SSSR count). The Hall–Kier alpha value is -3.60. The summed E-state index contributed by atoms with van der Waals surface area (Å²) in [5, 5.41) is 12.2. The van der Waals surface area contributed by atoms with E-state index in [4.69, 9.17) is 4.74 Å². The van der Waals surface area contributed by atoms with E-state index in [1.54, 1.807) is 16.8 Å². The number of carbonyl (C=O) groups is 1. The molecule has 2 aliphatic rings. The number of hydrogen-bond donors (Lipinski definition) is 1. The minimum Gasteiger partial charge on any atom is -0.502 e. The Bertz CT molecular complexity index is 1460. The number of fused-ring (bicyclic) bond motifs is 3. The minimum atomic E-state index is -4.73. The molecule has 0 spiro atoms. The third-order valence-electron chi connectivity index (χ3n) is 6.72. The molecule has 2 atom stereocenters. The standard InChI is InChI=1S/C27H26F3N3O4S/c1-15(2)37-20-9-6-7-17-13-38-21-10-5-4-8-18(21)23(22(17)20)33-14-31(16(3)27(28,29)30)26(36)24-25(35)19(34)11-12-32(24)33/h4-12,15-16,23,35H,13-14H2,1-3H3/t16-,23-/m1/s1. The van der Waals surface area contributed by atoms with Gasteiger partial charge in [-0.1, -0.05) is 30.3 Å². The number of carbonyl (C=O) groups excluding carboxylic acids is 1. The molecule has 0 aliphatic carbocycles. The maximum atomic E-state index is 13.9. The van der Waals surface area contributed by atoms with Crippen LogP contribution in [0.1, 0.15) is 54.0 Å². The summed E-state index contributed by atoms with van der Waals surface area (Å²) in [6, 6.07) is 11.4. The molecule has 2 aromatic carbocycles. The van der Waals surface area contributed by atoms with E-state index in [1.165, 1.54) is 10.9 Å². The zero-order valence-corrected chi connectivity index (χ0v) is 21.7. The van der Waals surface area contributed by atoms with E-state index in [-0.39, 0.29) is 6.10 Å². The molecular formula is C27H26F3N3O4S. The number of pyridine rings is 1. The van der Waals surface area contributed by atoms with Crippen molar-refractivity contribution in [2.45, 2.75) is 55.8 Å². The molecule has 1 amide bonds. The first-order valence-electron chi connectivity index (χ1n) is 12.1. The lowest BCUT2D eigenvalue weighted by Gasteiger charge is -2.46. The summed E-state index contributed by atoms with van der Waals surface area (Å²) < 4.78 is 49.2. The molecule has 1 N–H and O–H groups in total. The molecular weight excluding hydrogens is 519 g/mol. The highest BCUT2D eigenvalue weighted by Crippen LogP contribution is 2.46. The number of rotatable bonds is 4. The highest BCUT2D eigenvalue weighted by Gasteiger charge is 2.48. The number of halogens is 3. The normalized spacial score (nSPS) is 18.0. The smallest absolute Gasteiger partial charge is 0.408 e. The topological polar surface area (TPSA) is 75.0 Å². The van der Waals surface area contributed by atoms with Gasteiger partial charge in [0.1, 0.15) is 24.5 Å². The number of aromatic nitrogens is 1. The van der Waals surface area contributed by atoms with E-state index in [9.17, 15) is 27.9 Å². The number of benzene rings is 2. The van der Waals surface area contributed by atoms with Gasteiger partial charge in [-0.15, -0.1) is 11.8 Å². The van der Waals surface area contributed by atoms with E-state index in [1.807, 2.05) is 56.3 Å². The number of amides is 1. The van der Waals surface area contributed by atoms with E-state index in [2.05, 4.69) is 0 Å². The molecule has 0 bridgehead atoms. The van der Waals surface area contributed by atoms with Gasteiger partial charge in [-0.25, -0.2) is 0 Å². The average Bonchev–Trinajstić information content (AvgIpc) is 3.03. The Kier molecular flexibility index (Phi) is 6.58. The van der Waals surface area contributed by atoms with Crippen molar-refractivity contribution in [2.75, 3.05) is 11.7 Å². The predicted octanol–water partition coefficient (Wildman–Crippen LogP) is 5.04. The molecule has 11 heteroatoms. The van der Waals surface area contributed by atoms with E-state index >= 15 is 0 Å². The molecule has 7 nitrogen and oxygen atoms in total. The van der Waals surface area contributed by atoms with Crippen molar-refractivity contribution in [1.82, 2.24) is 9.58 Å². The number of aromatic hydroxyl groups is 1. The number of nitrogens with zero attached hydrogens (tertiary/aromatic N) is 3. The molecule has 200 valence electrons. The fourth-order valence-electron chi connectivity index (χ4n) is 4.88. The second-order valence-electron chi connectivity index (χ2n) is 9.52. The van der Waals surface area contributed by atoms with Gasteiger partial charge in [-0.2, -0.15) is 13.2 Å². The molecule has 0 fully saturated rings. The molecule has 2 aliphatic heterocycles. The van der Waals surface area contributed by atoms with Crippen molar-refractivity contribution in [3.63, 3.8) is 0 Å². The summed E-state index contributed by atoms with van der Waals surface area (Å²) in [6.07, 6.45) is -3.59. The lowest BCUT2D eigenvalue weighted by molar-refractivity contribution is -0.173. The quantitative estimate of drug-likeness (QED) is 0.495. The van der Waals surface area contributed by atoms with Crippen LogP contribution in [-0.4, -0.2) is 45.6 Å². The van der Waals surface area contributed by atoms with Crippen LogP contribution in [0.15, 0.2) is 64.4 Å². The predicted molar refractivity (Wildman–Crippen MR) is 137 cm³/mol. The zero-order chi connectivity index (χ0) is 27.4. The second kappa shape index (κ2) is 9.61. The number of hydrogen-bond acceptors (Lipinski definition) is 6. The minimum absolute atomic E-state index is 0.176. The third kappa shape index (κ3) is 4.38. The molecule has 0 radical (unpaired) electrons. The van der Waals surface area contributed by atoms with Gasteiger partial charge in [0, 0.05) is 28.5 Å². The van der Waals surface area contributed by atoms with Crippen LogP contribution in [-0.2, 0) is 5.75 Å². The zero-order valence-electron chi connectivity index (χ0n) is 20.9. The van der Waals surface area contributed by atoms with Crippen LogP contribution >= 0.6 is 11.8 Å². The monoisotopic (exact) mass is 545 g/mol. The van der Waals surface area contributed by atoms with Gasteiger partial charge in [0.05, 0.1) is 6.10 Å². The highest BCUT2D eigenvalue weighted by atomic mass is 32.2. The Morgan fingerprint density at radius 1 is 1.05 bits per heavy atom. The molecule has 38 heavy (non-hydrogen) atoms. The average molecular weight is 546 g/mol. The number of alkyl halides is 3. The van der Waals surface area contributed by atoms with Crippen molar-refractivity contribution in [1.29, 1.82) is 0 Å². The van der Waals surface area contributed by atoms with Crippen molar-refractivity contribution < 1.29 is 27.8 Å². The van der Waals surface area contributed by atoms with Crippen LogP contribution in [0.25, 0.3) is 0 Å². The molecule has 1 aromatic heterocycles. The van der Waals surface area contributed by atoms with Gasteiger partial charge in [0.15, 0.2) is 11.4 Å². The first-order chi connectivity index (χ1) is 18.0. The number of thioether (sulfide) groups is 1. The van der Waals surface area contributed by atoms with Crippen LogP contribution < -0.4 is 15.2 Å². The van der Waals surface area contributed by atoms with Crippen molar-refractivity contribution in [3.8, 4) is 11.5 Å². The highest BCUT2D eigenvalue weighted by molar-refractivity contribution is 7.98. The van der Waals surface area contributed by atoms with Crippen LogP contribution in [0.3, 0.4) is 0 Å². The van der Waals surface area contributed by atoms with Gasteiger partial charge < -0.3 is 14.7 Å². The van der Waals surface area contributed by atoms with Crippen LogP contribution in [0.4, 0.5) is 13.2 Å². The maximum absolute atomic E-state index is 13.9. The molecule has 3 aromatic rings. The fourth-order valence-corrected chi connectivity index (χ4v) is 5.96. The van der Waals surface area contributed by atoms with Crippen molar-refractivity contribution in [2.24, 2.45) is 0 Å².